The summed E-state index contributed by atoms with van der Waals surface area (Å²) in [5, 5.41) is 19.8. The van der Waals surface area contributed by atoms with E-state index in [9.17, 15) is 18.5 Å². The summed E-state index contributed by atoms with van der Waals surface area (Å²) < 4.78 is 27.2. The number of nitrogens with zero attached hydrogens (tertiary/aromatic N) is 5. The van der Waals surface area contributed by atoms with Crippen LogP contribution >= 0.6 is 0 Å². The molecule has 3 aromatic rings. The molecule has 0 amide bonds. The van der Waals surface area contributed by atoms with Crippen LogP contribution in [0.1, 0.15) is 5.56 Å². The lowest BCUT2D eigenvalue weighted by Crippen LogP contribution is -2.49. The van der Waals surface area contributed by atoms with E-state index >= 15 is 0 Å². The average Bonchev–Trinajstić information content (AvgIpc) is 2.80. The number of para-hydroxylation sites is 1. The molecular formula is C21H21N5O4S. The molecule has 0 bridgehead atoms. The predicted molar refractivity (Wildman–Crippen MR) is 116 cm³/mol. The number of rotatable bonds is 5. The van der Waals surface area contributed by atoms with Gasteiger partial charge in [-0.3, -0.25) is 10.1 Å². The predicted octanol–water partition coefficient (Wildman–Crippen LogP) is 2.87. The van der Waals surface area contributed by atoms with Crippen molar-refractivity contribution in [1.29, 1.82) is 0 Å². The maximum atomic E-state index is 13.0. The summed E-state index contributed by atoms with van der Waals surface area (Å²) in [6, 6.07) is 17.2. The topological polar surface area (TPSA) is 110 Å². The van der Waals surface area contributed by atoms with Crippen LogP contribution in [0.5, 0.6) is 0 Å². The fraction of sp³-hybridized carbons (Fsp3) is 0.238. The number of aryl methyl sites for hydroxylation is 1. The Morgan fingerprint density at radius 1 is 0.903 bits per heavy atom. The van der Waals surface area contributed by atoms with Gasteiger partial charge >= 0.3 is 0 Å². The molecule has 2 aromatic carbocycles. The minimum absolute atomic E-state index is 0.204. The Balaban J connectivity index is 1.46. The molecule has 2 heterocycles. The van der Waals surface area contributed by atoms with Gasteiger partial charge in [0.05, 0.1) is 10.6 Å². The van der Waals surface area contributed by atoms with E-state index in [0.29, 0.717) is 18.9 Å². The molecule has 31 heavy (non-hydrogen) atoms. The van der Waals surface area contributed by atoms with E-state index in [4.69, 9.17) is 0 Å². The third-order valence-corrected chi connectivity index (χ3v) is 7.19. The molecule has 9 nitrogen and oxygen atoms in total. The van der Waals surface area contributed by atoms with Gasteiger partial charge in [-0.15, -0.1) is 10.2 Å². The van der Waals surface area contributed by atoms with E-state index in [1.807, 2.05) is 48.2 Å². The Labute approximate surface area is 180 Å². The normalized spacial score (nSPS) is 15.1. The molecule has 0 N–H and O–H groups in total. The summed E-state index contributed by atoms with van der Waals surface area (Å²) in [5.41, 5.74) is 2.50. The van der Waals surface area contributed by atoms with Crippen molar-refractivity contribution in [2.45, 2.75) is 11.8 Å². The van der Waals surface area contributed by atoms with Crippen LogP contribution in [0.2, 0.25) is 0 Å². The van der Waals surface area contributed by atoms with Crippen LogP contribution in [0.15, 0.2) is 65.6 Å². The second-order valence-corrected chi connectivity index (χ2v) is 9.17. The number of aromatic nitrogens is 2. The lowest BCUT2D eigenvalue weighted by atomic mass is 10.1. The first kappa shape index (κ1) is 20.9. The highest BCUT2D eigenvalue weighted by molar-refractivity contribution is 7.89. The van der Waals surface area contributed by atoms with Gasteiger partial charge in [0.15, 0.2) is 10.7 Å². The number of nitro benzene ring substituents is 1. The minimum Gasteiger partial charge on any atom is -0.352 e. The second kappa shape index (κ2) is 8.40. The fourth-order valence-corrected chi connectivity index (χ4v) is 5.07. The van der Waals surface area contributed by atoms with Gasteiger partial charge in [-0.05, 0) is 25.1 Å². The maximum Gasteiger partial charge on any atom is 0.289 e. The summed E-state index contributed by atoms with van der Waals surface area (Å²) in [6.45, 7) is 3.26. The summed E-state index contributed by atoms with van der Waals surface area (Å²) >= 11 is 0. The lowest BCUT2D eigenvalue weighted by Gasteiger charge is -2.34. The Bertz CT molecular complexity index is 1190. The van der Waals surface area contributed by atoms with Crippen molar-refractivity contribution < 1.29 is 13.3 Å². The molecule has 0 spiro atoms. The van der Waals surface area contributed by atoms with E-state index in [1.54, 1.807) is 0 Å². The van der Waals surface area contributed by atoms with Crippen LogP contribution < -0.4 is 4.90 Å². The summed E-state index contributed by atoms with van der Waals surface area (Å²) in [5.74, 6) is 0.665. The van der Waals surface area contributed by atoms with Gasteiger partial charge in [0, 0.05) is 37.8 Å². The van der Waals surface area contributed by atoms with Crippen molar-refractivity contribution in [2.75, 3.05) is 31.1 Å². The van der Waals surface area contributed by atoms with Crippen LogP contribution in [0, 0.1) is 17.0 Å². The highest BCUT2D eigenvalue weighted by atomic mass is 32.2. The molecule has 0 saturated carbocycles. The Hall–Kier alpha value is -3.37. The van der Waals surface area contributed by atoms with Crippen molar-refractivity contribution in [1.82, 2.24) is 14.5 Å². The summed E-state index contributed by atoms with van der Waals surface area (Å²) in [4.78, 5) is 12.2. The first-order chi connectivity index (χ1) is 14.9. The summed E-state index contributed by atoms with van der Waals surface area (Å²) in [6.07, 6.45) is 0. The molecule has 10 heteroatoms. The van der Waals surface area contributed by atoms with Crippen molar-refractivity contribution in [2.24, 2.45) is 0 Å². The smallest absolute Gasteiger partial charge is 0.289 e. The number of sulfonamides is 1. The van der Waals surface area contributed by atoms with Crippen molar-refractivity contribution in [3.05, 3.63) is 76.3 Å². The zero-order valence-corrected chi connectivity index (χ0v) is 17.7. The molecular weight excluding hydrogens is 418 g/mol. The van der Waals surface area contributed by atoms with Crippen LogP contribution in [-0.4, -0.2) is 54.0 Å². The highest BCUT2D eigenvalue weighted by Gasteiger charge is 2.33. The van der Waals surface area contributed by atoms with Crippen LogP contribution in [0.4, 0.5) is 11.5 Å². The number of benzene rings is 2. The van der Waals surface area contributed by atoms with Crippen molar-refractivity contribution in [3.8, 4) is 11.3 Å². The van der Waals surface area contributed by atoms with Crippen molar-refractivity contribution in [3.63, 3.8) is 0 Å². The first-order valence-electron chi connectivity index (χ1n) is 9.75. The standard InChI is InChI=1S/C21H21N5O4S/c1-16-6-8-17(9-7-16)18-10-11-21(23-22-18)24-12-14-25(15-13-24)31(29,30)20-5-3-2-4-19(20)26(27)28/h2-11H,12-15H2,1H3. The SMILES string of the molecule is Cc1ccc(-c2ccc(N3CCN(S(=O)(=O)c4ccccc4[N+](=O)[O-])CC3)nn2)cc1. The Morgan fingerprint density at radius 3 is 2.19 bits per heavy atom. The van der Waals surface area contributed by atoms with Gasteiger partial charge in [0.2, 0.25) is 10.0 Å². The van der Waals surface area contributed by atoms with Gasteiger partial charge < -0.3 is 4.90 Å². The molecule has 160 valence electrons. The Morgan fingerprint density at radius 2 is 1.58 bits per heavy atom. The molecule has 1 aromatic heterocycles. The number of anilines is 1. The molecule has 4 rings (SSSR count). The Kier molecular flexibility index (Phi) is 5.66. The number of nitro groups is 1. The number of hydrogen-bond acceptors (Lipinski definition) is 7. The van der Waals surface area contributed by atoms with E-state index in [1.165, 1.54) is 34.1 Å². The van der Waals surface area contributed by atoms with Gasteiger partial charge in [0.25, 0.3) is 5.69 Å². The number of hydrogen-bond donors (Lipinski definition) is 0. The van der Waals surface area contributed by atoms with E-state index < -0.39 is 20.6 Å². The molecule has 1 saturated heterocycles. The third-order valence-electron chi connectivity index (χ3n) is 5.24. The van der Waals surface area contributed by atoms with Crippen LogP contribution in [0.3, 0.4) is 0 Å². The third kappa shape index (κ3) is 4.25. The zero-order valence-electron chi connectivity index (χ0n) is 16.9. The van der Waals surface area contributed by atoms with Gasteiger partial charge in [-0.25, -0.2) is 8.42 Å². The molecule has 1 aliphatic heterocycles. The minimum atomic E-state index is -3.96. The van der Waals surface area contributed by atoms with Gasteiger partial charge in [-0.1, -0.05) is 42.0 Å². The summed E-state index contributed by atoms with van der Waals surface area (Å²) in [7, 11) is -3.96. The van der Waals surface area contributed by atoms with Crippen LogP contribution in [-0.2, 0) is 10.0 Å². The molecule has 0 radical (unpaired) electrons. The molecule has 1 aliphatic rings. The monoisotopic (exact) mass is 439 g/mol. The molecule has 0 unspecified atom stereocenters. The van der Waals surface area contributed by atoms with Gasteiger partial charge in [0.1, 0.15) is 0 Å². The quantitative estimate of drug-likeness (QED) is 0.444. The van der Waals surface area contributed by atoms with Gasteiger partial charge in [-0.2, -0.15) is 4.31 Å². The largest absolute Gasteiger partial charge is 0.352 e. The molecule has 0 aliphatic carbocycles. The van der Waals surface area contributed by atoms with E-state index in [-0.39, 0.29) is 18.0 Å². The fourth-order valence-electron chi connectivity index (χ4n) is 3.49. The lowest BCUT2D eigenvalue weighted by molar-refractivity contribution is -0.387. The van der Waals surface area contributed by atoms with Crippen LogP contribution in [0.25, 0.3) is 11.3 Å². The maximum absolute atomic E-state index is 13.0. The van der Waals surface area contributed by atoms with E-state index in [0.717, 1.165) is 11.3 Å². The van der Waals surface area contributed by atoms with Crippen molar-refractivity contribution >= 4 is 21.5 Å². The molecule has 0 atom stereocenters. The first-order valence-corrected chi connectivity index (χ1v) is 11.2. The number of piperazine rings is 1. The van der Waals surface area contributed by atoms with E-state index in [2.05, 4.69) is 10.2 Å². The highest BCUT2D eigenvalue weighted by Crippen LogP contribution is 2.27. The second-order valence-electron chi connectivity index (χ2n) is 7.26. The zero-order chi connectivity index (χ0) is 22.0. The average molecular weight is 439 g/mol. The molecule has 1 fully saturated rings.